The van der Waals surface area contributed by atoms with E-state index in [2.05, 4.69) is 0 Å². The zero-order chi connectivity index (χ0) is 7.84. The summed E-state index contributed by atoms with van der Waals surface area (Å²) in [6, 6.07) is 7.53. The van der Waals surface area contributed by atoms with Gasteiger partial charge in [0, 0.05) is 4.70 Å². The summed E-state index contributed by atoms with van der Waals surface area (Å²) in [5.74, 6) is 0. The molecule has 1 heterocycles. The highest BCUT2D eigenvalue weighted by Gasteiger charge is 1.99. The minimum atomic E-state index is -0.106. The fourth-order valence-corrected chi connectivity index (χ4v) is 1.90. The zero-order valence-electron chi connectivity index (χ0n) is 6.10. The number of halogens is 1. The van der Waals surface area contributed by atoms with Crippen LogP contribution in [0.25, 0.3) is 10.1 Å². The second-order valence-corrected chi connectivity index (χ2v) is 3.63. The molecule has 0 saturated heterocycles. The Bertz CT molecular complexity index is 389. The minimum Gasteiger partial charge on any atom is -0.195 e. The van der Waals surface area contributed by atoms with Crippen LogP contribution in [0.15, 0.2) is 24.3 Å². The van der Waals surface area contributed by atoms with Crippen molar-refractivity contribution < 1.29 is 4.39 Å². The van der Waals surface area contributed by atoms with E-state index >= 15 is 0 Å². The fraction of sp³-hybridized carbons (Fsp3) is 0.111. The molecular weight excluding hydrogens is 159 g/mol. The summed E-state index contributed by atoms with van der Waals surface area (Å²) in [6.07, 6.45) is 0. The number of aryl methyl sites for hydroxylation is 1. The second-order valence-electron chi connectivity index (χ2n) is 2.59. The third-order valence-corrected chi connectivity index (χ3v) is 2.55. The van der Waals surface area contributed by atoms with Crippen molar-refractivity contribution in [3.05, 3.63) is 35.0 Å². The lowest BCUT2D eigenvalue weighted by Crippen LogP contribution is -1.67. The molecule has 0 saturated carbocycles. The van der Waals surface area contributed by atoms with Crippen molar-refractivity contribution in [1.82, 2.24) is 0 Å². The number of benzene rings is 1. The molecule has 0 N–H and O–H groups in total. The lowest BCUT2D eigenvalue weighted by atomic mass is 10.2. The molecule has 0 spiro atoms. The molecule has 2 aromatic rings. The summed E-state index contributed by atoms with van der Waals surface area (Å²) >= 11 is 1.19. The highest BCUT2D eigenvalue weighted by Crippen LogP contribution is 2.24. The van der Waals surface area contributed by atoms with Gasteiger partial charge in [0.25, 0.3) is 0 Å². The van der Waals surface area contributed by atoms with Gasteiger partial charge in [0.1, 0.15) is 0 Å². The molecule has 1 aromatic carbocycles. The van der Waals surface area contributed by atoms with Crippen molar-refractivity contribution >= 4 is 21.4 Å². The van der Waals surface area contributed by atoms with Gasteiger partial charge >= 0.3 is 0 Å². The normalized spacial score (nSPS) is 10.7. The summed E-state index contributed by atoms with van der Waals surface area (Å²) in [4.78, 5) is 0. The number of hydrogen-bond acceptors (Lipinski definition) is 1. The van der Waals surface area contributed by atoms with Crippen LogP contribution >= 0.6 is 11.3 Å². The molecular formula is C9H7FS. The van der Waals surface area contributed by atoms with E-state index in [1.165, 1.54) is 16.9 Å². The first-order valence-corrected chi connectivity index (χ1v) is 4.23. The largest absolute Gasteiger partial charge is 0.195 e. The molecule has 0 radical (unpaired) electrons. The van der Waals surface area contributed by atoms with Crippen molar-refractivity contribution in [3.63, 3.8) is 0 Å². The van der Waals surface area contributed by atoms with Crippen molar-refractivity contribution in [2.24, 2.45) is 0 Å². The van der Waals surface area contributed by atoms with Crippen LogP contribution in [0.1, 0.15) is 5.56 Å². The molecule has 0 unspecified atom stereocenters. The molecule has 0 aliphatic heterocycles. The van der Waals surface area contributed by atoms with E-state index < -0.39 is 0 Å². The maximum atomic E-state index is 12.7. The number of hydrogen-bond donors (Lipinski definition) is 0. The second kappa shape index (κ2) is 2.31. The molecule has 11 heavy (non-hydrogen) atoms. The Morgan fingerprint density at radius 2 is 2.09 bits per heavy atom. The van der Waals surface area contributed by atoms with Gasteiger partial charge in [-0.2, -0.15) is 4.39 Å². The van der Waals surface area contributed by atoms with Gasteiger partial charge in [0.2, 0.25) is 0 Å². The standard InChI is InChI=1S/C9H7FS/c1-6-2-3-8-7(4-6)5-9(10)11-8/h2-5H,1H3. The van der Waals surface area contributed by atoms with Gasteiger partial charge in [-0.1, -0.05) is 17.7 Å². The summed E-state index contributed by atoms with van der Waals surface area (Å²) < 4.78 is 13.7. The molecule has 2 rings (SSSR count). The Balaban J connectivity index is 2.82. The van der Waals surface area contributed by atoms with Crippen LogP contribution < -0.4 is 0 Å². The van der Waals surface area contributed by atoms with Crippen LogP contribution in [0.2, 0.25) is 0 Å². The highest BCUT2D eigenvalue weighted by molar-refractivity contribution is 7.17. The first-order valence-electron chi connectivity index (χ1n) is 3.41. The van der Waals surface area contributed by atoms with E-state index in [0.29, 0.717) is 0 Å². The topological polar surface area (TPSA) is 0 Å². The van der Waals surface area contributed by atoms with Crippen molar-refractivity contribution in [3.8, 4) is 0 Å². The van der Waals surface area contributed by atoms with E-state index in [1.54, 1.807) is 6.07 Å². The summed E-state index contributed by atoms with van der Waals surface area (Å²) in [5, 5.41) is 0.901. The quantitative estimate of drug-likeness (QED) is 0.563. The van der Waals surface area contributed by atoms with Crippen molar-refractivity contribution in [2.75, 3.05) is 0 Å². The van der Waals surface area contributed by atoms with Crippen LogP contribution in [-0.2, 0) is 0 Å². The summed E-state index contributed by atoms with van der Waals surface area (Å²) in [6.45, 7) is 2.01. The molecule has 0 nitrogen and oxygen atoms in total. The lowest BCUT2D eigenvalue weighted by molar-refractivity contribution is 0.658. The van der Waals surface area contributed by atoms with E-state index in [0.717, 1.165) is 10.1 Å². The van der Waals surface area contributed by atoms with Gasteiger partial charge < -0.3 is 0 Å². The van der Waals surface area contributed by atoms with Gasteiger partial charge in [0.05, 0.1) is 0 Å². The first kappa shape index (κ1) is 6.80. The van der Waals surface area contributed by atoms with E-state index in [4.69, 9.17) is 0 Å². The molecule has 0 aliphatic rings. The fourth-order valence-electron chi connectivity index (χ4n) is 1.13. The Hall–Kier alpha value is -0.890. The molecule has 0 amide bonds. The van der Waals surface area contributed by atoms with Gasteiger partial charge in [0.15, 0.2) is 5.13 Å². The van der Waals surface area contributed by atoms with Crippen LogP contribution in [-0.4, -0.2) is 0 Å². The van der Waals surface area contributed by atoms with Gasteiger partial charge in [-0.15, -0.1) is 11.3 Å². The van der Waals surface area contributed by atoms with Crippen LogP contribution in [0, 0.1) is 12.1 Å². The van der Waals surface area contributed by atoms with Gasteiger partial charge in [-0.3, -0.25) is 0 Å². The SMILES string of the molecule is Cc1ccc2sc(F)cc2c1. The van der Waals surface area contributed by atoms with Crippen molar-refractivity contribution in [2.45, 2.75) is 6.92 Å². The molecule has 0 atom stereocenters. The average molecular weight is 166 g/mol. The predicted octanol–water partition coefficient (Wildman–Crippen LogP) is 3.35. The molecule has 2 heteroatoms. The summed E-state index contributed by atoms with van der Waals surface area (Å²) in [7, 11) is 0. The number of fused-ring (bicyclic) bond motifs is 1. The van der Waals surface area contributed by atoms with E-state index in [-0.39, 0.29) is 5.13 Å². The Kier molecular flexibility index (Phi) is 1.43. The van der Waals surface area contributed by atoms with E-state index in [9.17, 15) is 4.39 Å². The monoisotopic (exact) mass is 166 g/mol. The third kappa shape index (κ3) is 1.14. The zero-order valence-corrected chi connectivity index (χ0v) is 6.91. The van der Waals surface area contributed by atoms with Crippen molar-refractivity contribution in [1.29, 1.82) is 0 Å². The highest BCUT2D eigenvalue weighted by atomic mass is 32.1. The van der Waals surface area contributed by atoms with E-state index in [1.807, 2.05) is 25.1 Å². The van der Waals surface area contributed by atoms with Crippen LogP contribution in [0.3, 0.4) is 0 Å². The number of thiophene rings is 1. The third-order valence-electron chi connectivity index (χ3n) is 1.64. The van der Waals surface area contributed by atoms with Gasteiger partial charge in [-0.05, 0) is 24.4 Å². The first-order chi connectivity index (χ1) is 5.25. The molecule has 1 aromatic heterocycles. The molecule has 0 aliphatic carbocycles. The summed E-state index contributed by atoms with van der Waals surface area (Å²) in [5.41, 5.74) is 1.18. The molecule has 0 fully saturated rings. The Labute approximate surface area is 68.3 Å². The van der Waals surface area contributed by atoms with Crippen LogP contribution in [0.5, 0.6) is 0 Å². The Morgan fingerprint density at radius 1 is 1.27 bits per heavy atom. The Morgan fingerprint density at radius 3 is 2.91 bits per heavy atom. The van der Waals surface area contributed by atoms with Gasteiger partial charge in [-0.25, -0.2) is 0 Å². The van der Waals surface area contributed by atoms with Crippen LogP contribution in [0.4, 0.5) is 4.39 Å². The average Bonchev–Trinajstić information content (AvgIpc) is 2.27. The lowest BCUT2D eigenvalue weighted by Gasteiger charge is -1.89. The maximum absolute atomic E-state index is 12.7. The predicted molar refractivity (Wildman–Crippen MR) is 46.5 cm³/mol. The molecule has 0 bridgehead atoms. The smallest absolute Gasteiger partial charge is 0.177 e. The maximum Gasteiger partial charge on any atom is 0.177 e. The number of rotatable bonds is 0. The molecule has 56 valence electrons. The minimum absolute atomic E-state index is 0.106.